The van der Waals surface area contributed by atoms with Crippen LogP contribution in [-0.4, -0.2) is 26.2 Å². The van der Waals surface area contributed by atoms with Crippen LogP contribution in [0.25, 0.3) is 16.0 Å². The number of hydrogen-bond donors (Lipinski definition) is 2. The molecule has 6 nitrogen and oxygen atoms in total. The summed E-state index contributed by atoms with van der Waals surface area (Å²) in [5.41, 5.74) is 1.40. The number of thioether (sulfide) groups is 1. The Kier molecular flexibility index (Phi) is 6.26. The first-order chi connectivity index (χ1) is 14.4. The van der Waals surface area contributed by atoms with Gasteiger partial charge in [-0.15, -0.1) is 0 Å². The standard InChI is InChI=1S/C19H12Cl2N4O2S3/c20-10-5-7-11(8-6-10)25-16-15(30-19(25)28)17(27)24-18(23-16)29-9-14(26)22-13-4-2-1-3-12(13)21/h1-8H,9H2,(H,22,26)(H,23,24,27). The van der Waals surface area contributed by atoms with E-state index in [2.05, 4.69) is 15.3 Å². The topological polar surface area (TPSA) is 79.8 Å². The molecule has 2 N–H and O–H groups in total. The van der Waals surface area contributed by atoms with Crippen LogP contribution in [0.1, 0.15) is 0 Å². The third-order valence-corrected chi connectivity index (χ3v) is 6.81. The molecule has 0 aliphatic rings. The predicted molar refractivity (Wildman–Crippen MR) is 126 cm³/mol. The van der Waals surface area contributed by atoms with Gasteiger partial charge in [0.05, 0.1) is 16.5 Å². The number of thiazole rings is 1. The number of fused-ring (bicyclic) bond motifs is 1. The number of amides is 1. The number of rotatable bonds is 5. The third-order valence-electron chi connectivity index (χ3n) is 3.99. The number of nitrogens with zero attached hydrogens (tertiary/aromatic N) is 2. The van der Waals surface area contributed by atoms with Gasteiger partial charge in [0, 0.05) is 10.7 Å². The number of hydrogen-bond acceptors (Lipinski definition) is 6. The predicted octanol–water partition coefficient (Wildman–Crippen LogP) is 5.54. The SMILES string of the molecule is O=C(CSc1nc2c(sc(=S)n2-c2ccc(Cl)cc2)c(=O)[nH]1)Nc1ccccc1Cl. The van der Waals surface area contributed by atoms with Crippen molar-refractivity contribution in [2.24, 2.45) is 0 Å². The zero-order valence-corrected chi connectivity index (χ0v) is 19.0. The zero-order valence-electron chi connectivity index (χ0n) is 15.0. The van der Waals surface area contributed by atoms with Crippen molar-refractivity contribution in [3.05, 3.63) is 72.9 Å². The lowest BCUT2D eigenvalue weighted by Gasteiger charge is -2.07. The van der Waals surface area contributed by atoms with Crippen LogP contribution in [0.2, 0.25) is 10.0 Å². The van der Waals surface area contributed by atoms with Crippen LogP contribution in [0.3, 0.4) is 0 Å². The summed E-state index contributed by atoms with van der Waals surface area (Å²) >= 11 is 19.7. The average Bonchev–Trinajstić information content (AvgIpc) is 3.05. The van der Waals surface area contributed by atoms with E-state index in [0.717, 1.165) is 17.4 Å². The quantitative estimate of drug-likeness (QED) is 0.216. The third kappa shape index (κ3) is 4.45. The van der Waals surface area contributed by atoms with Crippen LogP contribution < -0.4 is 10.9 Å². The summed E-state index contributed by atoms with van der Waals surface area (Å²) in [7, 11) is 0. The van der Waals surface area contributed by atoms with Gasteiger partial charge in [0.15, 0.2) is 14.8 Å². The molecule has 0 unspecified atom stereocenters. The van der Waals surface area contributed by atoms with Gasteiger partial charge in [-0.05, 0) is 48.6 Å². The summed E-state index contributed by atoms with van der Waals surface area (Å²) in [5, 5.41) is 4.09. The number of aromatic amines is 1. The lowest BCUT2D eigenvalue weighted by molar-refractivity contribution is -0.113. The minimum absolute atomic E-state index is 0.0471. The fraction of sp³-hybridized carbons (Fsp3) is 0.0526. The van der Waals surface area contributed by atoms with Crippen molar-refractivity contribution < 1.29 is 4.79 Å². The summed E-state index contributed by atoms with van der Waals surface area (Å²) in [6, 6.07) is 14.0. The van der Waals surface area contributed by atoms with Crippen molar-refractivity contribution in [2.45, 2.75) is 5.16 Å². The fourth-order valence-corrected chi connectivity index (χ4v) is 4.90. The molecule has 2 aromatic heterocycles. The molecule has 2 aromatic carbocycles. The molecule has 0 aliphatic carbocycles. The Morgan fingerprint density at radius 1 is 1.20 bits per heavy atom. The fourth-order valence-electron chi connectivity index (χ4n) is 2.66. The number of nitrogens with one attached hydrogen (secondary N) is 2. The zero-order chi connectivity index (χ0) is 21.3. The Bertz CT molecular complexity index is 1360. The molecule has 0 saturated carbocycles. The number of halogens is 2. The van der Waals surface area contributed by atoms with Gasteiger partial charge in [-0.2, -0.15) is 0 Å². The highest BCUT2D eigenvalue weighted by Gasteiger charge is 2.15. The summed E-state index contributed by atoms with van der Waals surface area (Å²) < 4.78 is 2.62. The van der Waals surface area contributed by atoms with Gasteiger partial charge in [0.1, 0.15) is 4.70 Å². The van der Waals surface area contributed by atoms with Gasteiger partial charge in [-0.25, -0.2) is 4.98 Å². The van der Waals surface area contributed by atoms with Gasteiger partial charge in [0.25, 0.3) is 5.56 Å². The highest BCUT2D eigenvalue weighted by molar-refractivity contribution is 7.99. The van der Waals surface area contributed by atoms with Crippen LogP contribution in [0.4, 0.5) is 5.69 Å². The molecule has 2 heterocycles. The first kappa shape index (κ1) is 21.1. The molecule has 0 spiro atoms. The molecule has 1 amide bonds. The number of anilines is 1. The summed E-state index contributed by atoms with van der Waals surface area (Å²) in [6.07, 6.45) is 0. The van der Waals surface area contributed by atoms with Gasteiger partial charge in [0.2, 0.25) is 5.91 Å². The van der Waals surface area contributed by atoms with E-state index in [1.807, 2.05) is 0 Å². The van der Waals surface area contributed by atoms with E-state index in [4.69, 9.17) is 35.4 Å². The van der Waals surface area contributed by atoms with E-state index in [1.54, 1.807) is 53.1 Å². The Labute approximate surface area is 193 Å². The Balaban J connectivity index is 1.61. The number of carbonyl (C=O) groups is 1. The number of carbonyl (C=O) groups excluding carboxylic acids is 1. The molecule has 0 saturated heterocycles. The lowest BCUT2D eigenvalue weighted by Crippen LogP contribution is -2.15. The van der Waals surface area contributed by atoms with Crippen LogP contribution >= 0.6 is 58.5 Å². The van der Waals surface area contributed by atoms with Gasteiger partial charge >= 0.3 is 0 Å². The van der Waals surface area contributed by atoms with Crippen molar-refractivity contribution in [3.63, 3.8) is 0 Å². The molecular weight excluding hydrogens is 483 g/mol. The van der Waals surface area contributed by atoms with E-state index < -0.39 is 0 Å². The number of H-pyrrole nitrogens is 1. The molecule has 0 radical (unpaired) electrons. The normalized spacial score (nSPS) is 11.0. The van der Waals surface area contributed by atoms with Crippen molar-refractivity contribution >= 4 is 80.5 Å². The maximum atomic E-state index is 12.5. The highest BCUT2D eigenvalue weighted by Crippen LogP contribution is 2.26. The van der Waals surface area contributed by atoms with Gasteiger partial charge < -0.3 is 10.3 Å². The Morgan fingerprint density at radius 2 is 1.93 bits per heavy atom. The monoisotopic (exact) mass is 494 g/mol. The van der Waals surface area contributed by atoms with Crippen molar-refractivity contribution in [2.75, 3.05) is 11.1 Å². The number of para-hydroxylation sites is 1. The van der Waals surface area contributed by atoms with Crippen LogP contribution in [0.5, 0.6) is 0 Å². The molecular formula is C19H12Cl2N4O2S3. The van der Waals surface area contributed by atoms with Crippen LogP contribution in [-0.2, 0) is 4.79 Å². The van der Waals surface area contributed by atoms with E-state index >= 15 is 0 Å². The number of benzene rings is 2. The second kappa shape index (κ2) is 8.91. The molecule has 152 valence electrons. The van der Waals surface area contributed by atoms with Crippen LogP contribution in [0, 0.1) is 3.95 Å². The van der Waals surface area contributed by atoms with E-state index in [1.165, 1.54) is 11.3 Å². The highest BCUT2D eigenvalue weighted by atomic mass is 35.5. The smallest absolute Gasteiger partial charge is 0.271 e. The largest absolute Gasteiger partial charge is 0.324 e. The Hall–Kier alpha value is -2.17. The van der Waals surface area contributed by atoms with Crippen molar-refractivity contribution in [1.82, 2.24) is 14.5 Å². The Morgan fingerprint density at radius 3 is 2.67 bits per heavy atom. The second-order valence-electron chi connectivity index (χ2n) is 6.02. The molecule has 11 heteroatoms. The summed E-state index contributed by atoms with van der Waals surface area (Å²) in [6.45, 7) is 0. The van der Waals surface area contributed by atoms with Gasteiger partial charge in [-0.3, -0.25) is 14.2 Å². The van der Waals surface area contributed by atoms with E-state index in [-0.39, 0.29) is 17.2 Å². The summed E-state index contributed by atoms with van der Waals surface area (Å²) in [4.78, 5) is 32.0. The molecule has 4 rings (SSSR count). The molecule has 0 aliphatic heterocycles. The van der Waals surface area contributed by atoms with E-state index in [9.17, 15) is 9.59 Å². The first-order valence-corrected chi connectivity index (χ1v) is 11.5. The number of aromatic nitrogens is 3. The average molecular weight is 495 g/mol. The molecule has 30 heavy (non-hydrogen) atoms. The minimum Gasteiger partial charge on any atom is -0.324 e. The van der Waals surface area contributed by atoms with Gasteiger partial charge in [-0.1, -0.05) is 58.4 Å². The minimum atomic E-state index is -0.308. The molecule has 0 fully saturated rings. The maximum absolute atomic E-state index is 12.5. The molecule has 0 bridgehead atoms. The lowest BCUT2D eigenvalue weighted by atomic mass is 10.3. The van der Waals surface area contributed by atoms with Crippen molar-refractivity contribution in [3.8, 4) is 5.69 Å². The second-order valence-corrected chi connectivity index (χ2v) is 9.47. The molecule has 0 atom stereocenters. The maximum Gasteiger partial charge on any atom is 0.271 e. The molecule has 4 aromatic rings. The van der Waals surface area contributed by atoms with E-state index in [0.29, 0.717) is 35.2 Å². The summed E-state index contributed by atoms with van der Waals surface area (Å²) in [5.74, 6) is -0.221. The first-order valence-electron chi connectivity index (χ1n) is 8.51. The van der Waals surface area contributed by atoms with Crippen molar-refractivity contribution in [1.29, 1.82) is 0 Å². The van der Waals surface area contributed by atoms with Crippen LogP contribution in [0.15, 0.2) is 58.5 Å².